The molecule has 0 atom stereocenters. The van der Waals surface area contributed by atoms with Gasteiger partial charge in [0.25, 0.3) is 5.91 Å². The van der Waals surface area contributed by atoms with Crippen molar-refractivity contribution in [2.24, 2.45) is 0 Å². The van der Waals surface area contributed by atoms with E-state index in [1.54, 1.807) is 19.2 Å². The highest BCUT2D eigenvalue weighted by Crippen LogP contribution is 2.09. The number of amides is 1. The van der Waals surface area contributed by atoms with Crippen molar-refractivity contribution in [2.45, 2.75) is 19.8 Å². The van der Waals surface area contributed by atoms with E-state index in [0.29, 0.717) is 26.4 Å². The molecule has 1 N–H and O–H groups in total. The van der Waals surface area contributed by atoms with Crippen LogP contribution in [0.5, 0.6) is 0 Å². The Bertz CT molecular complexity index is 424. The molecule has 0 bridgehead atoms. The number of methoxy groups -OCH3 is 1. The largest absolute Gasteiger partial charge is 0.382 e. The highest BCUT2D eigenvalue weighted by Gasteiger charge is 2.10. The Balaban J connectivity index is 2.18. The topological polar surface area (TPSA) is 47.6 Å². The van der Waals surface area contributed by atoms with Gasteiger partial charge in [0.05, 0.1) is 18.8 Å². The van der Waals surface area contributed by atoms with Gasteiger partial charge in [-0.1, -0.05) is 11.6 Å². The van der Waals surface area contributed by atoms with Crippen LogP contribution in [0, 0.1) is 12.7 Å². The number of carbonyl (C=O) groups excluding carboxylic acids is 1. The fraction of sp³-hybridized carbons (Fsp3) is 0.533. The number of unbranched alkanes of at least 4 members (excludes halogenated alkanes) is 1. The Hall–Kier alpha value is -1.46. The van der Waals surface area contributed by atoms with Crippen LogP contribution in [0.25, 0.3) is 0 Å². The van der Waals surface area contributed by atoms with Crippen molar-refractivity contribution in [3.8, 4) is 0 Å². The molecular weight excluding hydrogens is 261 g/mol. The van der Waals surface area contributed by atoms with Gasteiger partial charge in [-0.3, -0.25) is 4.79 Å². The van der Waals surface area contributed by atoms with Crippen molar-refractivity contribution < 1.29 is 18.7 Å². The minimum Gasteiger partial charge on any atom is -0.382 e. The average Bonchev–Trinajstić information content (AvgIpc) is 2.44. The van der Waals surface area contributed by atoms with E-state index < -0.39 is 5.82 Å². The monoisotopic (exact) mass is 283 g/mol. The van der Waals surface area contributed by atoms with Crippen LogP contribution in [0.3, 0.4) is 0 Å². The quantitative estimate of drug-likeness (QED) is 0.707. The zero-order valence-corrected chi connectivity index (χ0v) is 12.1. The predicted octanol–water partition coefficient (Wildman–Crippen LogP) is 2.31. The molecule has 4 nitrogen and oxygen atoms in total. The van der Waals surface area contributed by atoms with Crippen molar-refractivity contribution in [1.82, 2.24) is 5.32 Å². The average molecular weight is 283 g/mol. The van der Waals surface area contributed by atoms with Crippen LogP contribution < -0.4 is 5.32 Å². The molecule has 20 heavy (non-hydrogen) atoms. The fourth-order valence-electron chi connectivity index (χ4n) is 1.68. The summed E-state index contributed by atoms with van der Waals surface area (Å²) in [6.07, 6.45) is 1.65. The second-order valence-electron chi connectivity index (χ2n) is 4.55. The number of hydrogen-bond acceptors (Lipinski definition) is 3. The Labute approximate surface area is 119 Å². The van der Waals surface area contributed by atoms with Crippen LogP contribution in [0.4, 0.5) is 4.39 Å². The lowest BCUT2D eigenvalue weighted by Crippen LogP contribution is -2.25. The third-order valence-electron chi connectivity index (χ3n) is 2.80. The van der Waals surface area contributed by atoms with E-state index in [1.807, 2.05) is 6.92 Å². The third-order valence-corrected chi connectivity index (χ3v) is 2.80. The number of nitrogens with one attached hydrogen (secondary N) is 1. The van der Waals surface area contributed by atoms with E-state index in [2.05, 4.69) is 5.32 Å². The summed E-state index contributed by atoms with van der Waals surface area (Å²) in [6, 6.07) is 4.51. The maximum absolute atomic E-state index is 13.5. The number of rotatable bonds is 9. The van der Waals surface area contributed by atoms with Gasteiger partial charge in [0, 0.05) is 20.3 Å². The van der Waals surface area contributed by atoms with Gasteiger partial charge < -0.3 is 14.8 Å². The molecule has 0 spiro atoms. The Morgan fingerprint density at radius 1 is 1.25 bits per heavy atom. The number of carbonyl (C=O) groups is 1. The van der Waals surface area contributed by atoms with Gasteiger partial charge in [-0.2, -0.15) is 0 Å². The van der Waals surface area contributed by atoms with E-state index in [0.717, 1.165) is 18.4 Å². The van der Waals surface area contributed by atoms with Crippen LogP contribution in [-0.4, -0.2) is 39.4 Å². The SMILES string of the molecule is COCCOCCCCNC(=O)c1cc(C)ccc1F. The molecule has 0 heterocycles. The van der Waals surface area contributed by atoms with E-state index in [-0.39, 0.29) is 11.5 Å². The molecule has 1 aromatic carbocycles. The van der Waals surface area contributed by atoms with E-state index in [1.165, 1.54) is 6.07 Å². The summed E-state index contributed by atoms with van der Waals surface area (Å²) in [7, 11) is 1.63. The van der Waals surface area contributed by atoms with E-state index in [4.69, 9.17) is 9.47 Å². The van der Waals surface area contributed by atoms with Gasteiger partial charge in [0.1, 0.15) is 5.82 Å². The van der Waals surface area contributed by atoms with Gasteiger partial charge in [-0.05, 0) is 31.9 Å². The Kier molecular flexibility index (Phi) is 7.84. The molecule has 0 aliphatic rings. The smallest absolute Gasteiger partial charge is 0.254 e. The lowest BCUT2D eigenvalue weighted by molar-refractivity contribution is 0.0686. The molecule has 0 radical (unpaired) electrons. The standard InChI is InChI=1S/C15H22FNO3/c1-12-5-6-14(16)13(11-12)15(18)17-7-3-4-8-20-10-9-19-2/h5-6,11H,3-4,7-10H2,1-2H3,(H,17,18). The second-order valence-corrected chi connectivity index (χ2v) is 4.55. The molecule has 0 aromatic heterocycles. The summed E-state index contributed by atoms with van der Waals surface area (Å²) in [4.78, 5) is 11.8. The highest BCUT2D eigenvalue weighted by molar-refractivity contribution is 5.94. The number of benzene rings is 1. The van der Waals surface area contributed by atoms with Crippen LogP contribution in [0.15, 0.2) is 18.2 Å². The first-order valence-corrected chi connectivity index (χ1v) is 6.76. The minimum atomic E-state index is -0.490. The van der Waals surface area contributed by atoms with Crippen LogP contribution >= 0.6 is 0 Å². The zero-order chi connectivity index (χ0) is 14.8. The first kappa shape index (κ1) is 16.6. The van der Waals surface area contributed by atoms with Gasteiger partial charge in [-0.15, -0.1) is 0 Å². The number of ether oxygens (including phenoxy) is 2. The summed E-state index contributed by atoms with van der Waals surface area (Å²) in [5.41, 5.74) is 0.962. The number of halogens is 1. The van der Waals surface area contributed by atoms with Crippen molar-refractivity contribution >= 4 is 5.91 Å². The summed E-state index contributed by atoms with van der Waals surface area (Å²) in [5.74, 6) is -0.859. The minimum absolute atomic E-state index is 0.0985. The molecule has 1 rings (SSSR count). The van der Waals surface area contributed by atoms with Crippen molar-refractivity contribution in [3.05, 3.63) is 35.1 Å². The summed E-state index contributed by atoms with van der Waals surface area (Å²) >= 11 is 0. The van der Waals surface area contributed by atoms with Crippen molar-refractivity contribution in [2.75, 3.05) is 33.5 Å². The molecule has 0 aliphatic carbocycles. The van der Waals surface area contributed by atoms with E-state index in [9.17, 15) is 9.18 Å². The molecule has 1 amide bonds. The lowest BCUT2D eigenvalue weighted by Gasteiger charge is -2.07. The zero-order valence-electron chi connectivity index (χ0n) is 12.1. The Morgan fingerprint density at radius 2 is 2.05 bits per heavy atom. The lowest BCUT2D eigenvalue weighted by atomic mass is 10.1. The van der Waals surface area contributed by atoms with Gasteiger partial charge in [0.2, 0.25) is 0 Å². The molecular formula is C15H22FNO3. The predicted molar refractivity (Wildman–Crippen MR) is 75.4 cm³/mol. The number of hydrogen-bond donors (Lipinski definition) is 1. The molecule has 0 saturated heterocycles. The molecule has 5 heteroatoms. The normalized spacial score (nSPS) is 10.6. The van der Waals surface area contributed by atoms with Crippen LogP contribution in [0.2, 0.25) is 0 Å². The molecule has 1 aromatic rings. The first-order valence-electron chi connectivity index (χ1n) is 6.76. The summed E-state index contributed by atoms with van der Waals surface area (Å²) in [5, 5.41) is 2.71. The molecule has 0 fully saturated rings. The van der Waals surface area contributed by atoms with Crippen molar-refractivity contribution in [1.29, 1.82) is 0 Å². The van der Waals surface area contributed by atoms with Gasteiger partial charge >= 0.3 is 0 Å². The summed E-state index contributed by atoms with van der Waals surface area (Å²) < 4.78 is 23.6. The van der Waals surface area contributed by atoms with Crippen LogP contribution in [0.1, 0.15) is 28.8 Å². The molecule has 0 aliphatic heterocycles. The maximum Gasteiger partial charge on any atom is 0.254 e. The van der Waals surface area contributed by atoms with Gasteiger partial charge in [0.15, 0.2) is 0 Å². The Morgan fingerprint density at radius 3 is 2.80 bits per heavy atom. The third kappa shape index (κ3) is 6.12. The number of aryl methyl sites for hydroxylation is 1. The van der Waals surface area contributed by atoms with Crippen LogP contribution in [-0.2, 0) is 9.47 Å². The van der Waals surface area contributed by atoms with Gasteiger partial charge in [-0.25, -0.2) is 4.39 Å². The first-order chi connectivity index (χ1) is 9.65. The molecule has 0 unspecified atom stereocenters. The second kappa shape index (κ2) is 9.44. The highest BCUT2D eigenvalue weighted by atomic mass is 19.1. The maximum atomic E-state index is 13.5. The molecule has 112 valence electrons. The van der Waals surface area contributed by atoms with E-state index >= 15 is 0 Å². The molecule has 0 saturated carbocycles. The fourth-order valence-corrected chi connectivity index (χ4v) is 1.68. The van der Waals surface area contributed by atoms with Crippen molar-refractivity contribution in [3.63, 3.8) is 0 Å². The summed E-state index contributed by atoms with van der Waals surface area (Å²) in [6.45, 7) is 4.15.